The van der Waals surface area contributed by atoms with E-state index >= 15 is 0 Å². The van der Waals surface area contributed by atoms with Gasteiger partial charge in [0.05, 0.1) is 11.1 Å². The van der Waals surface area contributed by atoms with E-state index in [9.17, 15) is 9.59 Å². The van der Waals surface area contributed by atoms with Crippen LogP contribution in [0, 0.1) is 5.41 Å². The van der Waals surface area contributed by atoms with Gasteiger partial charge in [-0.2, -0.15) is 0 Å². The third-order valence-corrected chi connectivity index (χ3v) is 5.38. The van der Waals surface area contributed by atoms with E-state index in [0.29, 0.717) is 30.2 Å². The number of hydrogen-bond acceptors (Lipinski definition) is 3. The van der Waals surface area contributed by atoms with Crippen molar-refractivity contribution < 1.29 is 14.3 Å². The number of rotatable bonds is 4. The third kappa shape index (κ3) is 4.50. The van der Waals surface area contributed by atoms with E-state index in [-0.39, 0.29) is 17.2 Å². The Morgan fingerprint density at radius 3 is 2.40 bits per heavy atom. The van der Waals surface area contributed by atoms with Gasteiger partial charge in [-0.05, 0) is 55.5 Å². The van der Waals surface area contributed by atoms with Gasteiger partial charge in [-0.15, -0.1) is 0 Å². The SMILES string of the molecule is CCCN1C(=O)C(C)(C)COc2cc(NC(=O)c3ccc(C(C)(C)C)cc3)ccc21. The monoisotopic (exact) mass is 408 g/mol. The molecular weight excluding hydrogens is 376 g/mol. The highest BCUT2D eigenvalue weighted by molar-refractivity contribution is 6.05. The number of anilines is 2. The molecule has 2 aromatic rings. The Bertz CT molecular complexity index is 940. The molecule has 160 valence electrons. The summed E-state index contributed by atoms with van der Waals surface area (Å²) in [5.74, 6) is 0.493. The van der Waals surface area contributed by atoms with Gasteiger partial charge < -0.3 is 15.0 Å². The molecule has 30 heavy (non-hydrogen) atoms. The van der Waals surface area contributed by atoms with E-state index in [4.69, 9.17) is 4.74 Å². The number of benzene rings is 2. The Morgan fingerprint density at radius 1 is 1.13 bits per heavy atom. The molecule has 0 radical (unpaired) electrons. The summed E-state index contributed by atoms with van der Waals surface area (Å²) in [7, 11) is 0. The predicted molar refractivity (Wildman–Crippen MR) is 121 cm³/mol. The van der Waals surface area contributed by atoms with Crippen LogP contribution < -0.4 is 15.0 Å². The summed E-state index contributed by atoms with van der Waals surface area (Å²) < 4.78 is 5.98. The zero-order valence-corrected chi connectivity index (χ0v) is 18.8. The van der Waals surface area contributed by atoms with Gasteiger partial charge in [-0.25, -0.2) is 0 Å². The molecule has 0 unspecified atom stereocenters. The van der Waals surface area contributed by atoms with Crippen molar-refractivity contribution in [3.8, 4) is 5.75 Å². The summed E-state index contributed by atoms with van der Waals surface area (Å²) >= 11 is 0. The van der Waals surface area contributed by atoms with Crippen LogP contribution in [0.15, 0.2) is 42.5 Å². The van der Waals surface area contributed by atoms with E-state index in [1.54, 1.807) is 11.0 Å². The lowest BCUT2D eigenvalue weighted by molar-refractivity contribution is -0.127. The molecule has 0 bridgehead atoms. The lowest BCUT2D eigenvalue weighted by Gasteiger charge is -2.27. The van der Waals surface area contributed by atoms with Gasteiger partial charge in [0, 0.05) is 23.9 Å². The fraction of sp³-hybridized carbons (Fsp3) is 0.440. The molecule has 0 aromatic heterocycles. The number of nitrogens with one attached hydrogen (secondary N) is 1. The number of carbonyl (C=O) groups is 2. The molecule has 1 aliphatic heterocycles. The van der Waals surface area contributed by atoms with Crippen molar-refractivity contribution in [2.45, 2.75) is 53.4 Å². The molecule has 0 saturated heterocycles. The highest BCUT2D eigenvalue weighted by atomic mass is 16.5. The normalized spacial score (nSPS) is 15.8. The maximum absolute atomic E-state index is 12.9. The second-order valence-corrected chi connectivity index (χ2v) is 9.59. The van der Waals surface area contributed by atoms with Gasteiger partial charge in [0.15, 0.2) is 0 Å². The Labute approximate surface area is 179 Å². The molecule has 1 heterocycles. The molecule has 2 amide bonds. The molecule has 3 rings (SSSR count). The quantitative estimate of drug-likeness (QED) is 0.737. The third-order valence-electron chi connectivity index (χ3n) is 5.38. The van der Waals surface area contributed by atoms with E-state index in [2.05, 4.69) is 26.1 Å². The lowest BCUT2D eigenvalue weighted by Crippen LogP contribution is -2.42. The molecule has 0 spiro atoms. The summed E-state index contributed by atoms with van der Waals surface area (Å²) in [6, 6.07) is 13.1. The minimum absolute atomic E-state index is 0.0406. The van der Waals surface area contributed by atoms with Gasteiger partial charge in [-0.1, -0.05) is 39.8 Å². The maximum Gasteiger partial charge on any atom is 0.255 e. The van der Waals surface area contributed by atoms with Crippen LogP contribution in [0.5, 0.6) is 5.75 Å². The van der Waals surface area contributed by atoms with E-state index in [1.165, 1.54) is 5.56 Å². The van der Waals surface area contributed by atoms with Crippen LogP contribution in [0.3, 0.4) is 0 Å². The lowest BCUT2D eigenvalue weighted by atomic mass is 9.87. The average Bonchev–Trinajstić information content (AvgIpc) is 2.78. The van der Waals surface area contributed by atoms with Crippen molar-refractivity contribution in [2.24, 2.45) is 5.41 Å². The number of carbonyl (C=O) groups excluding carboxylic acids is 2. The minimum Gasteiger partial charge on any atom is -0.490 e. The van der Waals surface area contributed by atoms with Gasteiger partial charge in [-0.3, -0.25) is 9.59 Å². The van der Waals surface area contributed by atoms with Gasteiger partial charge in [0.25, 0.3) is 5.91 Å². The molecule has 0 aliphatic carbocycles. The van der Waals surface area contributed by atoms with Crippen molar-refractivity contribution in [1.82, 2.24) is 0 Å². The zero-order valence-electron chi connectivity index (χ0n) is 18.8. The van der Waals surface area contributed by atoms with Crippen molar-refractivity contribution in [3.63, 3.8) is 0 Å². The van der Waals surface area contributed by atoms with E-state index in [1.807, 2.05) is 57.2 Å². The van der Waals surface area contributed by atoms with E-state index in [0.717, 1.165) is 12.1 Å². The fourth-order valence-corrected chi connectivity index (χ4v) is 3.50. The van der Waals surface area contributed by atoms with Crippen molar-refractivity contribution in [3.05, 3.63) is 53.6 Å². The summed E-state index contributed by atoms with van der Waals surface area (Å²) in [6.45, 7) is 13.2. The zero-order chi connectivity index (χ0) is 22.1. The molecule has 0 atom stereocenters. The number of fused-ring (bicyclic) bond motifs is 1. The first-order chi connectivity index (χ1) is 14.0. The van der Waals surface area contributed by atoms with Crippen LogP contribution in [-0.2, 0) is 10.2 Å². The fourth-order valence-electron chi connectivity index (χ4n) is 3.50. The first-order valence-corrected chi connectivity index (χ1v) is 10.5. The molecular formula is C25H32N2O3. The molecule has 5 nitrogen and oxygen atoms in total. The van der Waals surface area contributed by atoms with Crippen LogP contribution in [0.4, 0.5) is 11.4 Å². The average molecular weight is 409 g/mol. The topological polar surface area (TPSA) is 58.6 Å². The largest absolute Gasteiger partial charge is 0.490 e. The predicted octanol–water partition coefficient (Wildman–Crippen LogP) is 5.40. The van der Waals surface area contributed by atoms with Gasteiger partial charge in [0.1, 0.15) is 12.4 Å². The molecule has 0 fully saturated rings. The summed E-state index contributed by atoms with van der Waals surface area (Å²) in [5, 5.41) is 2.94. The highest BCUT2D eigenvalue weighted by Crippen LogP contribution is 2.38. The summed E-state index contributed by atoms with van der Waals surface area (Å²) in [4.78, 5) is 27.4. The molecule has 1 aliphatic rings. The van der Waals surface area contributed by atoms with Crippen molar-refractivity contribution in [1.29, 1.82) is 0 Å². The van der Waals surface area contributed by atoms with Gasteiger partial charge >= 0.3 is 0 Å². The van der Waals surface area contributed by atoms with Crippen molar-refractivity contribution >= 4 is 23.2 Å². The Hall–Kier alpha value is -2.82. The first-order valence-electron chi connectivity index (χ1n) is 10.5. The van der Waals surface area contributed by atoms with Gasteiger partial charge in [0.2, 0.25) is 5.91 Å². The van der Waals surface area contributed by atoms with Crippen LogP contribution in [0.2, 0.25) is 0 Å². The number of amides is 2. The van der Waals surface area contributed by atoms with E-state index < -0.39 is 5.41 Å². The number of hydrogen-bond donors (Lipinski definition) is 1. The standard InChI is InChI=1S/C25H32N2O3/c1-7-14-27-20-13-12-19(15-21(20)30-16-25(5,6)23(27)29)26-22(28)17-8-10-18(11-9-17)24(2,3)4/h8-13,15H,7,14,16H2,1-6H3,(H,26,28). The Kier molecular flexibility index (Phi) is 5.93. The number of ether oxygens (including phenoxy) is 1. The van der Waals surface area contributed by atoms with Crippen LogP contribution in [0.1, 0.15) is 63.9 Å². The Morgan fingerprint density at radius 2 is 1.80 bits per heavy atom. The molecule has 2 aromatic carbocycles. The molecule has 0 saturated carbocycles. The minimum atomic E-state index is -0.605. The second-order valence-electron chi connectivity index (χ2n) is 9.59. The highest BCUT2D eigenvalue weighted by Gasteiger charge is 2.37. The second kappa shape index (κ2) is 8.13. The van der Waals surface area contributed by atoms with Crippen LogP contribution >= 0.6 is 0 Å². The number of nitrogens with zero attached hydrogens (tertiary/aromatic N) is 1. The van der Waals surface area contributed by atoms with Crippen LogP contribution in [0.25, 0.3) is 0 Å². The van der Waals surface area contributed by atoms with Crippen LogP contribution in [-0.4, -0.2) is 25.0 Å². The van der Waals surface area contributed by atoms with Crippen molar-refractivity contribution in [2.75, 3.05) is 23.4 Å². The smallest absolute Gasteiger partial charge is 0.255 e. The summed E-state index contributed by atoms with van der Waals surface area (Å²) in [6.07, 6.45) is 0.851. The molecule has 1 N–H and O–H groups in total. The molecule has 5 heteroatoms. The first kappa shape index (κ1) is 21.9. The summed E-state index contributed by atoms with van der Waals surface area (Å²) in [5.41, 5.74) is 2.61. The Balaban J connectivity index is 1.83. The maximum atomic E-state index is 12.9.